The normalized spacial score (nSPS) is 16.1. The lowest BCUT2D eigenvalue weighted by Gasteiger charge is -2.03. The Morgan fingerprint density at radius 2 is 2.00 bits per heavy atom. The number of pyridine rings is 1. The fourth-order valence-electron chi connectivity index (χ4n) is 3.05. The molecule has 0 N–H and O–H groups in total. The first-order valence-electron chi connectivity index (χ1n) is 7.81. The molecule has 1 saturated carbocycles. The molecule has 3 aromatic rings. The topological polar surface area (TPSA) is 77.8 Å². The maximum Gasteiger partial charge on any atom is 0.257 e. The highest BCUT2D eigenvalue weighted by atomic mass is 16.5. The quantitative estimate of drug-likeness (QED) is 0.725. The van der Waals surface area contributed by atoms with Crippen LogP contribution in [0.3, 0.4) is 0 Å². The molecule has 4 rings (SSSR count). The first-order valence-corrected chi connectivity index (χ1v) is 7.81. The van der Waals surface area contributed by atoms with Crippen molar-refractivity contribution in [2.45, 2.75) is 51.4 Å². The van der Waals surface area contributed by atoms with Gasteiger partial charge in [-0.2, -0.15) is 0 Å². The van der Waals surface area contributed by atoms with Gasteiger partial charge in [0, 0.05) is 18.0 Å². The van der Waals surface area contributed by atoms with Gasteiger partial charge in [-0.1, -0.05) is 31.8 Å². The van der Waals surface area contributed by atoms with E-state index in [1.54, 1.807) is 6.20 Å². The molecule has 1 fully saturated rings. The zero-order chi connectivity index (χ0) is 15.1. The van der Waals surface area contributed by atoms with Gasteiger partial charge in [-0.25, -0.2) is 4.98 Å². The molecule has 6 heteroatoms. The molecule has 0 aliphatic heterocycles. The van der Waals surface area contributed by atoms with Gasteiger partial charge >= 0.3 is 0 Å². The first kappa shape index (κ1) is 13.4. The van der Waals surface area contributed by atoms with Crippen LogP contribution in [0.1, 0.15) is 63.0 Å². The SMILES string of the molecule is CC(C)c1nnc(-c2cnc3onc(C4CCCC4)c3c2)o1. The van der Waals surface area contributed by atoms with Crippen LogP contribution in [0.15, 0.2) is 21.2 Å². The van der Waals surface area contributed by atoms with Gasteiger partial charge < -0.3 is 8.94 Å². The van der Waals surface area contributed by atoms with Crippen molar-refractivity contribution in [1.29, 1.82) is 0 Å². The van der Waals surface area contributed by atoms with Crippen molar-refractivity contribution in [3.8, 4) is 11.5 Å². The van der Waals surface area contributed by atoms with Gasteiger partial charge in [-0.3, -0.25) is 0 Å². The molecule has 0 radical (unpaired) electrons. The second-order valence-electron chi connectivity index (χ2n) is 6.23. The van der Waals surface area contributed by atoms with E-state index in [0.717, 1.165) is 16.6 Å². The van der Waals surface area contributed by atoms with Crippen molar-refractivity contribution >= 4 is 11.1 Å². The third kappa shape index (κ3) is 2.19. The molecule has 3 aromatic heterocycles. The van der Waals surface area contributed by atoms with E-state index in [0.29, 0.717) is 23.4 Å². The Labute approximate surface area is 127 Å². The maximum atomic E-state index is 5.71. The van der Waals surface area contributed by atoms with E-state index in [9.17, 15) is 0 Å². The van der Waals surface area contributed by atoms with Gasteiger partial charge in [0.05, 0.1) is 16.6 Å². The number of hydrogen-bond donors (Lipinski definition) is 0. The number of rotatable bonds is 3. The molecular formula is C16H18N4O2. The summed E-state index contributed by atoms with van der Waals surface area (Å²) in [4.78, 5) is 4.35. The number of nitrogens with zero attached hydrogens (tertiary/aromatic N) is 4. The predicted octanol–water partition coefficient (Wildman–Crippen LogP) is 4.05. The van der Waals surface area contributed by atoms with Crippen molar-refractivity contribution < 1.29 is 8.94 Å². The molecule has 114 valence electrons. The van der Waals surface area contributed by atoms with E-state index in [4.69, 9.17) is 8.94 Å². The fraction of sp³-hybridized carbons (Fsp3) is 0.500. The molecule has 0 amide bonds. The number of hydrogen-bond acceptors (Lipinski definition) is 6. The van der Waals surface area contributed by atoms with E-state index in [1.807, 2.05) is 19.9 Å². The molecular weight excluding hydrogens is 280 g/mol. The molecule has 3 heterocycles. The summed E-state index contributed by atoms with van der Waals surface area (Å²) >= 11 is 0. The van der Waals surface area contributed by atoms with Crippen LogP contribution in [0, 0.1) is 0 Å². The van der Waals surface area contributed by atoms with Crippen molar-refractivity contribution in [3.05, 3.63) is 23.8 Å². The van der Waals surface area contributed by atoms with Crippen molar-refractivity contribution in [3.63, 3.8) is 0 Å². The minimum atomic E-state index is 0.211. The van der Waals surface area contributed by atoms with Gasteiger partial charge in [0.15, 0.2) is 0 Å². The average Bonchev–Trinajstić information content (AvgIpc) is 3.25. The first-order chi connectivity index (χ1) is 10.7. The summed E-state index contributed by atoms with van der Waals surface area (Å²) in [5.74, 6) is 1.82. The van der Waals surface area contributed by atoms with Gasteiger partial charge in [-0.05, 0) is 18.9 Å². The largest absolute Gasteiger partial charge is 0.420 e. The van der Waals surface area contributed by atoms with E-state index < -0.39 is 0 Å². The molecule has 0 unspecified atom stereocenters. The van der Waals surface area contributed by atoms with Crippen LogP contribution in [0.5, 0.6) is 0 Å². The lowest BCUT2D eigenvalue weighted by atomic mass is 10.0. The highest BCUT2D eigenvalue weighted by Crippen LogP contribution is 2.37. The zero-order valence-electron chi connectivity index (χ0n) is 12.7. The Morgan fingerprint density at radius 1 is 1.18 bits per heavy atom. The summed E-state index contributed by atoms with van der Waals surface area (Å²) < 4.78 is 11.1. The number of fused-ring (bicyclic) bond motifs is 1. The van der Waals surface area contributed by atoms with Crippen LogP contribution in [0.25, 0.3) is 22.6 Å². The van der Waals surface area contributed by atoms with Crippen LogP contribution in [0.2, 0.25) is 0 Å². The smallest absolute Gasteiger partial charge is 0.257 e. The third-order valence-electron chi connectivity index (χ3n) is 4.28. The van der Waals surface area contributed by atoms with E-state index in [-0.39, 0.29) is 5.92 Å². The predicted molar refractivity (Wildman–Crippen MR) is 80.4 cm³/mol. The average molecular weight is 298 g/mol. The van der Waals surface area contributed by atoms with Gasteiger partial charge in [0.25, 0.3) is 5.71 Å². The lowest BCUT2D eigenvalue weighted by Crippen LogP contribution is -1.93. The molecule has 0 aromatic carbocycles. The highest BCUT2D eigenvalue weighted by Gasteiger charge is 2.24. The highest BCUT2D eigenvalue weighted by molar-refractivity contribution is 5.80. The summed E-state index contributed by atoms with van der Waals surface area (Å²) in [7, 11) is 0. The lowest BCUT2D eigenvalue weighted by molar-refractivity contribution is 0.430. The zero-order valence-corrected chi connectivity index (χ0v) is 12.7. The fourth-order valence-corrected chi connectivity index (χ4v) is 3.05. The molecule has 1 aliphatic rings. The monoisotopic (exact) mass is 298 g/mol. The van der Waals surface area contributed by atoms with Gasteiger partial charge in [-0.15, -0.1) is 10.2 Å². The van der Waals surface area contributed by atoms with Crippen molar-refractivity contribution in [2.24, 2.45) is 0 Å². The molecule has 0 atom stereocenters. The maximum absolute atomic E-state index is 5.71. The Balaban J connectivity index is 1.76. The Kier molecular flexibility index (Phi) is 3.17. The van der Waals surface area contributed by atoms with Crippen LogP contribution >= 0.6 is 0 Å². The third-order valence-corrected chi connectivity index (χ3v) is 4.28. The standard InChI is InChI=1S/C16H18N4O2/c1-9(2)14-18-19-15(21-14)11-7-12-13(10-5-3-4-6-10)20-22-16(12)17-8-11/h7-10H,3-6H2,1-2H3. The molecule has 22 heavy (non-hydrogen) atoms. The second-order valence-corrected chi connectivity index (χ2v) is 6.23. The van der Waals surface area contributed by atoms with Crippen LogP contribution < -0.4 is 0 Å². The molecule has 0 saturated heterocycles. The van der Waals surface area contributed by atoms with E-state index >= 15 is 0 Å². The van der Waals surface area contributed by atoms with Crippen LogP contribution in [-0.2, 0) is 0 Å². The van der Waals surface area contributed by atoms with E-state index in [2.05, 4.69) is 20.3 Å². The second kappa shape index (κ2) is 5.19. The van der Waals surface area contributed by atoms with Crippen molar-refractivity contribution in [1.82, 2.24) is 20.3 Å². The summed E-state index contributed by atoms with van der Waals surface area (Å²) in [6.45, 7) is 4.05. The Hall–Kier alpha value is -2.24. The minimum absolute atomic E-state index is 0.211. The molecule has 0 spiro atoms. The Bertz CT molecular complexity index is 799. The summed E-state index contributed by atoms with van der Waals surface area (Å²) in [6.07, 6.45) is 6.55. The van der Waals surface area contributed by atoms with E-state index in [1.165, 1.54) is 25.7 Å². The molecule has 1 aliphatic carbocycles. The van der Waals surface area contributed by atoms with Crippen LogP contribution in [0.4, 0.5) is 0 Å². The van der Waals surface area contributed by atoms with Crippen LogP contribution in [-0.4, -0.2) is 20.3 Å². The van der Waals surface area contributed by atoms with Gasteiger partial charge in [0.1, 0.15) is 0 Å². The van der Waals surface area contributed by atoms with Crippen molar-refractivity contribution in [2.75, 3.05) is 0 Å². The minimum Gasteiger partial charge on any atom is -0.420 e. The van der Waals surface area contributed by atoms with Gasteiger partial charge in [0.2, 0.25) is 11.8 Å². The molecule has 6 nitrogen and oxygen atoms in total. The molecule has 0 bridgehead atoms. The summed E-state index contributed by atoms with van der Waals surface area (Å²) in [5, 5.41) is 13.4. The number of aromatic nitrogens is 4. The summed E-state index contributed by atoms with van der Waals surface area (Å²) in [6, 6.07) is 2.00. The Morgan fingerprint density at radius 3 is 2.73 bits per heavy atom. The summed E-state index contributed by atoms with van der Waals surface area (Å²) in [5.41, 5.74) is 2.41.